The van der Waals surface area contributed by atoms with Gasteiger partial charge in [0, 0.05) is 23.5 Å². The SMILES string of the molecule is CN=C(N)[NH+]1CCC[C@@]2(C1)[C@@H]1CC[C@@H](C)[C@]23C[C@](O)(COC2CCCC2)C(C(=O)[O-])=C3C1. The molecule has 1 unspecified atom stereocenters. The molecular formula is C25H39N3O4. The molecule has 5 aliphatic rings. The highest BCUT2D eigenvalue weighted by Crippen LogP contribution is 2.75. The topological polar surface area (TPSA) is 112 Å². The molecule has 1 heterocycles. The number of nitrogens with one attached hydrogen (secondary N) is 1. The molecule has 6 atom stereocenters. The number of quaternary nitrogens is 1. The van der Waals surface area contributed by atoms with E-state index in [4.69, 9.17) is 10.5 Å². The largest absolute Gasteiger partial charge is 0.545 e. The van der Waals surface area contributed by atoms with Crippen molar-refractivity contribution in [3.05, 3.63) is 11.1 Å². The highest BCUT2D eigenvalue weighted by molar-refractivity contribution is 5.90. The van der Waals surface area contributed by atoms with E-state index in [-0.39, 0.29) is 29.1 Å². The Morgan fingerprint density at radius 1 is 1.28 bits per heavy atom. The monoisotopic (exact) mass is 445 g/mol. The summed E-state index contributed by atoms with van der Waals surface area (Å²) in [5.74, 6) is 0.175. The molecule has 1 saturated heterocycles. The lowest BCUT2D eigenvalue weighted by Gasteiger charge is -2.57. The van der Waals surface area contributed by atoms with Crippen LogP contribution in [0.3, 0.4) is 0 Å². The summed E-state index contributed by atoms with van der Waals surface area (Å²) in [6, 6.07) is 0. The third kappa shape index (κ3) is 2.96. The van der Waals surface area contributed by atoms with Crippen molar-refractivity contribution in [2.24, 2.45) is 33.4 Å². The summed E-state index contributed by atoms with van der Waals surface area (Å²) in [7, 11) is 1.74. The van der Waals surface area contributed by atoms with Gasteiger partial charge >= 0.3 is 0 Å². The van der Waals surface area contributed by atoms with E-state index in [9.17, 15) is 15.0 Å². The Labute approximate surface area is 191 Å². The molecule has 2 bridgehead atoms. The van der Waals surface area contributed by atoms with Crippen molar-refractivity contribution in [3.63, 3.8) is 0 Å². The van der Waals surface area contributed by atoms with E-state index in [1.807, 2.05) is 0 Å². The number of ether oxygens (including phenoxy) is 1. The molecule has 4 aliphatic carbocycles. The van der Waals surface area contributed by atoms with Crippen LogP contribution in [-0.2, 0) is 9.53 Å². The minimum Gasteiger partial charge on any atom is -0.545 e. The maximum absolute atomic E-state index is 12.5. The van der Waals surface area contributed by atoms with Gasteiger partial charge in [-0.25, -0.2) is 4.99 Å². The summed E-state index contributed by atoms with van der Waals surface area (Å²) in [5, 5.41) is 24.4. The number of guanidine groups is 1. The standard InChI is InChI=1S/C25H39N3O4/c1-16-8-9-17-12-19-20(21(29)30)24(31,15-32-18-6-3-4-7-18)13-25(16,19)23(17)10-5-11-28(14-23)22(26)27-2/h16-18,31H,3-15H2,1-2H3,(H2,26,27)(H,29,30)/t16-,17-,23-,24+,25+/m1/s1. The number of allylic oxidation sites excluding steroid dienone is 1. The number of rotatable bonds is 4. The van der Waals surface area contributed by atoms with Gasteiger partial charge in [-0.05, 0) is 63.2 Å². The lowest BCUT2D eigenvalue weighted by molar-refractivity contribution is -0.826. The van der Waals surface area contributed by atoms with Gasteiger partial charge in [0.2, 0.25) is 0 Å². The van der Waals surface area contributed by atoms with Crippen LogP contribution in [0.15, 0.2) is 16.1 Å². The molecule has 0 radical (unpaired) electrons. The van der Waals surface area contributed by atoms with Gasteiger partial charge in [0.1, 0.15) is 5.60 Å². The number of hydrogen-bond acceptors (Lipinski definition) is 5. The Morgan fingerprint density at radius 3 is 2.72 bits per heavy atom. The van der Waals surface area contributed by atoms with Gasteiger partial charge in [0.15, 0.2) is 0 Å². The number of nitrogens with zero attached hydrogens (tertiary/aromatic N) is 1. The van der Waals surface area contributed by atoms with Gasteiger partial charge < -0.3 is 25.5 Å². The number of aliphatic imine (C=N–C) groups is 1. The zero-order valence-corrected chi connectivity index (χ0v) is 19.6. The Hall–Kier alpha value is -1.44. The first-order chi connectivity index (χ1) is 15.3. The predicted octanol–water partition coefficient (Wildman–Crippen LogP) is 0.173. The number of likely N-dealkylation sites (tertiary alicyclic amines) is 1. The third-order valence-electron chi connectivity index (χ3n) is 10.1. The smallest absolute Gasteiger partial charge is 0.293 e. The van der Waals surface area contributed by atoms with Crippen molar-refractivity contribution in [2.75, 3.05) is 26.7 Å². The molecule has 0 aromatic heterocycles. The summed E-state index contributed by atoms with van der Waals surface area (Å²) in [4.78, 5) is 18.0. The normalized spacial score (nSPS) is 44.5. The Kier molecular flexibility index (Phi) is 5.46. The van der Waals surface area contributed by atoms with E-state index in [2.05, 4.69) is 11.9 Å². The summed E-state index contributed by atoms with van der Waals surface area (Å²) in [6.45, 7) is 4.16. The number of carboxylic acids is 1. The van der Waals surface area contributed by atoms with E-state index < -0.39 is 11.6 Å². The van der Waals surface area contributed by atoms with E-state index in [0.717, 1.165) is 76.5 Å². The van der Waals surface area contributed by atoms with Gasteiger partial charge in [0.25, 0.3) is 5.96 Å². The minimum absolute atomic E-state index is 0.0541. The number of carbonyl (C=O) groups excluding carboxylic acids is 1. The number of hydrogen-bond donors (Lipinski definition) is 3. The van der Waals surface area contributed by atoms with Crippen molar-refractivity contribution in [3.8, 4) is 0 Å². The molecule has 0 aromatic rings. The van der Waals surface area contributed by atoms with Crippen molar-refractivity contribution in [2.45, 2.75) is 82.8 Å². The van der Waals surface area contributed by atoms with Crippen LogP contribution >= 0.6 is 0 Å². The zero-order valence-electron chi connectivity index (χ0n) is 19.6. The molecule has 5 rings (SSSR count). The van der Waals surface area contributed by atoms with Crippen molar-refractivity contribution >= 4 is 11.9 Å². The predicted molar refractivity (Wildman–Crippen MR) is 119 cm³/mol. The van der Waals surface area contributed by atoms with Crippen LogP contribution in [0.25, 0.3) is 0 Å². The van der Waals surface area contributed by atoms with E-state index >= 15 is 0 Å². The number of piperidine rings is 1. The van der Waals surface area contributed by atoms with E-state index in [0.29, 0.717) is 24.2 Å². The molecule has 7 nitrogen and oxygen atoms in total. The Morgan fingerprint density at radius 2 is 2.03 bits per heavy atom. The quantitative estimate of drug-likeness (QED) is 0.422. The molecule has 2 spiro atoms. The van der Waals surface area contributed by atoms with E-state index in [1.165, 1.54) is 4.90 Å². The molecule has 32 heavy (non-hydrogen) atoms. The number of carboxylic acid groups (broad SMARTS) is 1. The molecule has 4 N–H and O–H groups in total. The van der Waals surface area contributed by atoms with Gasteiger partial charge in [-0.1, -0.05) is 25.3 Å². The molecule has 0 aromatic carbocycles. The molecule has 3 saturated carbocycles. The fraction of sp³-hybridized carbons (Fsp3) is 0.840. The van der Waals surface area contributed by atoms with Crippen LogP contribution in [0.1, 0.15) is 71.1 Å². The molecular weight excluding hydrogens is 406 g/mol. The maximum atomic E-state index is 12.5. The number of carbonyl (C=O) groups is 1. The number of aliphatic hydroxyl groups is 1. The highest BCUT2D eigenvalue weighted by Gasteiger charge is 2.73. The van der Waals surface area contributed by atoms with Crippen molar-refractivity contribution in [1.29, 1.82) is 0 Å². The van der Waals surface area contributed by atoms with Crippen LogP contribution in [0.5, 0.6) is 0 Å². The second-order valence-corrected chi connectivity index (χ2v) is 11.3. The average molecular weight is 446 g/mol. The second-order valence-electron chi connectivity index (χ2n) is 11.3. The van der Waals surface area contributed by atoms with E-state index in [1.54, 1.807) is 7.05 Å². The zero-order chi connectivity index (χ0) is 22.7. The third-order valence-corrected chi connectivity index (χ3v) is 10.1. The van der Waals surface area contributed by atoms with Crippen LogP contribution < -0.4 is 15.7 Å². The minimum atomic E-state index is -1.47. The molecule has 4 fully saturated rings. The highest BCUT2D eigenvalue weighted by atomic mass is 16.5. The fourth-order valence-electron chi connectivity index (χ4n) is 8.79. The van der Waals surface area contributed by atoms with Crippen molar-refractivity contribution in [1.82, 2.24) is 0 Å². The molecule has 178 valence electrons. The summed E-state index contributed by atoms with van der Waals surface area (Å²) in [6.07, 6.45) is 9.89. The lowest BCUT2D eigenvalue weighted by atomic mass is 9.48. The molecule has 1 aliphatic heterocycles. The van der Waals surface area contributed by atoms with Gasteiger partial charge in [-0.3, -0.25) is 4.90 Å². The lowest BCUT2D eigenvalue weighted by Crippen LogP contribution is -3.18. The van der Waals surface area contributed by atoms with Crippen LogP contribution in [0, 0.1) is 22.7 Å². The first-order valence-corrected chi connectivity index (χ1v) is 12.6. The van der Waals surface area contributed by atoms with Gasteiger partial charge in [-0.2, -0.15) is 0 Å². The maximum Gasteiger partial charge on any atom is 0.293 e. The molecule has 7 heteroatoms. The Bertz CT molecular complexity index is 850. The fourth-order valence-corrected chi connectivity index (χ4v) is 8.79. The second kappa shape index (κ2) is 7.81. The van der Waals surface area contributed by atoms with Gasteiger partial charge in [0.05, 0.1) is 31.8 Å². The summed E-state index contributed by atoms with van der Waals surface area (Å²) >= 11 is 0. The average Bonchev–Trinajstić information content (AvgIpc) is 3.41. The first-order valence-electron chi connectivity index (χ1n) is 12.6. The van der Waals surface area contributed by atoms with Crippen LogP contribution in [-0.4, -0.2) is 55.5 Å². The summed E-state index contributed by atoms with van der Waals surface area (Å²) < 4.78 is 6.14. The number of nitrogens with two attached hydrogens (primary N) is 1. The first kappa shape index (κ1) is 22.4. The Balaban J connectivity index is 1.57. The van der Waals surface area contributed by atoms with Gasteiger partial charge in [-0.15, -0.1) is 0 Å². The summed E-state index contributed by atoms with van der Waals surface area (Å²) in [5.41, 5.74) is 5.57. The van der Waals surface area contributed by atoms with Crippen LogP contribution in [0.2, 0.25) is 0 Å². The molecule has 0 amide bonds. The number of aliphatic carboxylic acids is 1. The van der Waals surface area contributed by atoms with Crippen LogP contribution in [0.4, 0.5) is 0 Å². The van der Waals surface area contributed by atoms with Crippen molar-refractivity contribution < 1.29 is 24.6 Å².